The highest BCUT2D eigenvalue weighted by Crippen LogP contribution is 2.13. The van der Waals surface area contributed by atoms with Crippen molar-refractivity contribution in [3.63, 3.8) is 0 Å². The van der Waals surface area contributed by atoms with Gasteiger partial charge >= 0.3 is 0 Å². The van der Waals surface area contributed by atoms with E-state index in [-0.39, 0.29) is 29.7 Å². The topological polar surface area (TPSA) is 74.2 Å². The van der Waals surface area contributed by atoms with Gasteiger partial charge in [-0.3, -0.25) is 4.99 Å². The number of sulfonamides is 1. The number of hydrogen-bond donors (Lipinski definition) is 1. The summed E-state index contributed by atoms with van der Waals surface area (Å²) in [4.78, 5) is 6.25. The Morgan fingerprint density at radius 2 is 2.00 bits per heavy atom. The minimum Gasteiger partial charge on any atom is -0.381 e. The van der Waals surface area contributed by atoms with E-state index in [1.165, 1.54) is 4.31 Å². The third-order valence-electron chi connectivity index (χ3n) is 3.87. The summed E-state index contributed by atoms with van der Waals surface area (Å²) < 4.78 is 31.1. The van der Waals surface area contributed by atoms with Crippen molar-refractivity contribution < 1.29 is 13.2 Å². The first-order chi connectivity index (χ1) is 10.4. The Balaban J connectivity index is 0.00000484. The van der Waals surface area contributed by atoms with Crippen LogP contribution >= 0.6 is 24.0 Å². The maximum absolute atomic E-state index is 12.1. The molecule has 0 aromatic carbocycles. The molecule has 1 atom stereocenters. The van der Waals surface area contributed by atoms with Gasteiger partial charge in [0.05, 0.1) is 12.4 Å². The van der Waals surface area contributed by atoms with E-state index in [1.807, 2.05) is 25.8 Å². The van der Waals surface area contributed by atoms with Crippen molar-refractivity contribution >= 4 is 40.0 Å². The fraction of sp³-hybridized carbons (Fsp3) is 0.929. The minimum absolute atomic E-state index is 0. The molecule has 9 heteroatoms. The van der Waals surface area contributed by atoms with Crippen LogP contribution < -0.4 is 5.32 Å². The maximum Gasteiger partial charge on any atom is 0.215 e. The molecule has 1 saturated heterocycles. The normalized spacial score (nSPS) is 18.8. The molecule has 1 fully saturated rings. The first kappa shape index (κ1) is 22.9. The highest BCUT2D eigenvalue weighted by molar-refractivity contribution is 14.0. The quantitative estimate of drug-likeness (QED) is 0.329. The summed E-state index contributed by atoms with van der Waals surface area (Å²) >= 11 is 0. The first-order valence-corrected chi connectivity index (χ1v) is 9.52. The van der Waals surface area contributed by atoms with Gasteiger partial charge in [-0.15, -0.1) is 24.0 Å². The van der Waals surface area contributed by atoms with Crippen molar-refractivity contribution in [1.29, 1.82) is 0 Å². The van der Waals surface area contributed by atoms with Gasteiger partial charge in [0, 0.05) is 52.8 Å². The summed E-state index contributed by atoms with van der Waals surface area (Å²) in [5.74, 6) is 1.32. The van der Waals surface area contributed by atoms with Gasteiger partial charge in [-0.25, -0.2) is 12.7 Å². The van der Waals surface area contributed by atoms with E-state index in [0.717, 1.165) is 32.1 Å². The Kier molecular flexibility index (Phi) is 11.4. The average Bonchev–Trinajstić information content (AvgIpc) is 2.97. The minimum atomic E-state index is -3.20. The molecule has 0 aromatic heterocycles. The van der Waals surface area contributed by atoms with E-state index in [1.54, 1.807) is 7.05 Å². The molecule has 0 aliphatic carbocycles. The molecule has 1 aliphatic heterocycles. The summed E-state index contributed by atoms with van der Waals surface area (Å²) in [6.45, 7) is 7.56. The number of hydrogen-bond acceptors (Lipinski definition) is 4. The molecular weight excluding hydrogens is 431 g/mol. The lowest BCUT2D eigenvalue weighted by atomic mass is 10.1. The summed E-state index contributed by atoms with van der Waals surface area (Å²) in [5.41, 5.74) is 0. The Bertz CT molecular complexity index is 449. The largest absolute Gasteiger partial charge is 0.381 e. The number of guanidine groups is 1. The van der Waals surface area contributed by atoms with E-state index >= 15 is 0 Å². The Hall–Kier alpha value is -0.130. The summed E-state index contributed by atoms with van der Waals surface area (Å²) in [5, 5.41) is 3.13. The van der Waals surface area contributed by atoms with Crippen LogP contribution in [0.2, 0.25) is 0 Å². The van der Waals surface area contributed by atoms with Crippen LogP contribution in [0.5, 0.6) is 0 Å². The average molecular weight is 462 g/mol. The molecule has 23 heavy (non-hydrogen) atoms. The molecule has 1 N–H and O–H groups in total. The SMILES string of the molecule is CCN(CC)S(=O)(=O)CCNC(=NC)N(C)CC1CCOC1.I. The van der Waals surface area contributed by atoms with Crippen LogP contribution in [0.1, 0.15) is 20.3 Å². The van der Waals surface area contributed by atoms with E-state index in [9.17, 15) is 8.42 Å². The van der Waals surface area contributed by atoms with Crippen molar-refractivity contribution in [3.8, 4) is 0 Å². The zero-order valence-electron chi connectivity index (χ0n) is 14.6. The lowest BCUT2D eigenvalue weighted by Crippen LogP contribution is -2.44. The van der Waals surface area contributed by atoms with Crippen molar-refractivity contribution in [3.05, 3.63) is 0 Å². The standard InChI is InChI=1S/C14H30N4O3S.HI/c1-5-18(6-2)22(19,20)10-8-16-14(15-3)17(4)11-13-7-9-21-12-13;/h13H,5-12H2,1-4H3,(H,15,16);1H. The fourth-order valence-electron chi connectivity index (χ4n) is 2.62. The van der Waals surface area contributed by atoms with Gasteiger partial charge in [0.25, 0.3) is 0 Å². The molecule has 1 rings (SSSR count). The maximum atomic E-state index is 12.1. The Morgan fingerprint density at radius 3 is 2.48 bits per heavy atom. The van der Waals surface area contributed by atoms with Crippen LogP contribution in [0.3, 0.4) is 0 Å². The van der Waals surface area contributed by atoms with Crippen molar-refractivity contribution in [1.82, 2.24) is 14.5 Å². The van der Waals surface area contributed by atoms with Gasteiger partial charge in [-0.05, 0) is 6.42 Å². The van der Waals surface area contributed by atoms with E-state index < -0.39 is 10.0 Å². The van der Waals surface area contributed by atoms with Crippen LogP contribution in [0.25, 0.3) is 0 Å². The molecule has 1 unspecified atom stereocenters. The number of nitrogens with one attached hydrogen (secondary N) is 1. The van der Waals surface area contributed by atoms with E-state index in [4.69, 9.17) is 4.74 Å². The lowest BCUT2D eigenvalue weighted by Gasteiger charge is -2.25. The second-order valence-corrected chi connectivity index (χ2v) is 7.57. The third-order valence-corrected chi connectivity index (χ3v) is 5.89. The summed E-state index contributed by atoms with van der Waals surface area (Å²) in [6, 6.07) is 0. The van der Waals surface area contributed by atoms with Gasteiger partial charge in [0.1, 0.15) is 0 Å². The molecule has 1 aliphatic rings. The smallest absolute Gasteiger partial charge is 0.215 e. The molecule has 138 valence electrons. The molecule has 0 amide bonds. The molecular formula is C14H31IN4O3S. The van der Waals surface area contributed by atoms with E-state index in [0.29, 0.717) is 25.6 Å². The fourth-order valence-corrected chi connectivity index (χ4v) is 4.03. The lowest BCUT2D eigenvalue weighted by molar-refractivity contribution is 0.181. The van der Waals surface area contributed by atoms with Crippen molar-refractivity contribution in [2.75, 3.05) is 59.2 Å². The van der Waals surface area contributed by atoms with Crippen LogP contribution in [0, 0.1) is 5.92 Å². The number of rotatable bonds is 8. The van der Waals surface area contributed by atoms with E-state index in [2.05, 4.69) is 10.3 Å². The third kappa shape index (κ3) is 7.53. The molecule has 7 nitrogen and oxygen atoms in total. The van der Waals surface area contributed by atoms with Crippen LogP contribution in [0.15, 0.2) is 4.99 Å². The van der Waals surface area contributed by atoms with Gasteiger partial charge < -0.3 is 15.0 Å². The molecule has 1 heterocycles. The summed E-state index contributed by atoms with van der Waals surface area (Å²) in [6.07, 6.45) is 1.07. The van der Waals surface area contributed by atoms with Crippen molar-refractivity contribution in [2.24, 2.45) is 10.9 Å². The second kappa shape index (κ2) is 11.4. The molecule has 0 aromatic rings. The Labute approximate surface area is 157 Å². The molecule has 0 bridgehead atoms. The van der Waals surface area contributed by atoms with Crippen LogP contribution in [-0.2, 0) is 14.8 Å². The zero-order chi connectivity index (χ0) is 16.6. The predicted molar refractivity (Wildman–Crippen MR) is 105 cm³/mol. The monoisotopic (exact) mass is 462 g/mol. The predicted octanol–water partition coefficient (Wildman–Crippen LogP) is 0.820. The number of nitrogens with zero attached hydrogens (tertiary/aromatic N) is 3. The van der Waals surface area contributed by atoms with Crippen molar-refractivity contribution in [2.45, 2.75) is 20.3 Å². The summed E-state index contributed by atoms with van der Waals surface area (Å²) in [7, 11) is 0.479. The highest BCUT2D eigenvalue weighted by atomic mass is 127. The zero-order valence-corrected chi connectivity index (χ0v) is 17.8. The van der Waals surface area contributed by atoms with Crippen LogP contribution in [0.4, 0.5) is 0 Å². The van der Waals surface area contributed by atoms with Gasteiger partial charge in [0.15, 0.2) is 5.96 Å². The van der Waals surface area contributed by atoms with Gasteiger partial charge in [-0.1, -0.05) is 13.8 Å². The second-order valence-electron chi connectivity index (χ2n) is 5.48. The van der Waals surface area contributed by atoms with Crippen LogP contribution in [-0.4, -0.2) is 82.8 Å². The number of aliphatic imine (C=N–C) groups is 1. The van der Waals surface area contributed by atoms with Gasteiger partial charge in [0.2, 0.25) is 10.0 Å². The molecule has 0 spiro atoms. The highest BCUT2D eigenvalue weighted by Gasteiger charge is 2.21. The first-order valence-electron chi connectivity index (χ1n) is 7.91. The molecule has 0 radical (unpaired) electrons. The molecule has 0 saturated carbocycles. The Morgan fingerprint density at radius 1 is 1.35 bits per heavy atom. The van der Waals surface area contributed by atoms with Gasteiger partial charge in [-0.2, -0.15) is 0 Å². The number of ether oxygens (including phenoxy) is 1. The number of halogens is 1.